The van der Waals surface area contributed by atoms with E-state index in [2.05, 4.69) is 10.3 Å². The molecule has 0 saturated carbocycles. The minimum atomic E-state index is -0.675. The molecule has 0 fully saturated rings. The number of benzene rings is 2. The average molecular weight is 381 g/mol. The fourth-order valence-corrected chi connectivity index (χ4v) is 3.41. The van der Waals surface area contributed by atoms with Crippen molar-refractivity contribution in [3.63, 3.8) is 0 Å². The molecule has 3 nitrogen and oxygen atoms in total. The van der Waals surface area contributed by atoms with E-state index in [0.29, 0.717) is 10.2 Å². The summed E-state index contributed by atoms with van der Waals surface area (Å²) < 4.78 is 13.8. The summed E-state index contributed by atoms with van der Waals surface area (Å²) in [5, 5.41) is 3.66. The normalized spacial score (nSPS) is 10.7. The van der Waals surface area contributed by atoms with Crippen LogP contribution in [0.4, 0.5) is 9.52 Å². The lowest BCUT2D eigenvalue weighted by Crippen LogP contribution is -2.14. The molecule has 0 spiro atoms. The summed E-state index contributed by atoms with van der Waals surface area (Å²) in [6.07, 6.45) is 0. The Hall–Kier alpha value is -1.95. The molecule has 0 aliphatic carbocycles. The Bertz CT molecular complexity index is 889. The number of aromatic nitrogens is 1. The van der Waals surface area contributed by atoms with E-state index < -0.39 is 11.7 Å². The van der Waals surface area contributed by atoms with Gasteiger partial charge in [0.2, 0.25) is 0 Å². The van der Waals surface area contributed by atoms with Crippen LogP contribution < -0.4 is 5.32 Å². The molecule has 0 aliphatic heterocycles. The summed E-state index contributed by atoms with van der Waals surface area (Å²) in [7, 11) is 0. The number of thiazole rings is 1. The highest BCUT2D eigenvalue weighted by molar-refractivity contribution is 7.16. The van der Waals surface area contributed by atoms with Gasteiger partial charge in [0.05, 0.1) is 16.3 Å². The quantitative estimate of drug-likeness (QED) is 0.622. The number of rotatable bonds is 3. The van der Waals surface area contributed by atoms with Gasteiger partial charge in [0.1, 0.15) is 5.82 Å². The lowest BCUT2D eigenvalue weighted by atomic mass is 10.1. The zero-order chi connectivity index (χ0) is 17.3. The van der Waals surface area contributed by atoms with Crippen molar-refractivity contribution >= 4 is 45.6 Å². The lowest BCUT2D eigenvalue weighted by Gasteiger charge is -2.05. The van der Waals surface area contributed by atoms with Gasteiger partial charge in [0.15, 0.2) is 5.13 Å². The van der Waals surface area contributed by atoms with E-state index in [1.807, 2.05) is 19.1 Å². The van der Waals surface area contributed by atoms with Crippen molar-refractivity contribution in [1.29, 1.82) is 0 Å². The smallest absolute Gasteiger partial charge is 0.261 e. The molecule has 0 bridgehead atoms. The number of carbonyl (C=O) groups is 1. The first-order chi connectivity index (χ1) is 11.5. The van der Waals surface area contributed by atoms with Crippen molar-refractivity contribution in [3.05, 3.63) is 68.8 Å². The third-order valence-electron chi connectivity index (χ3n) is 3.32. The van der Waals surface area contributed by atoms with E-state index in [9.17, 15) is 9.18 Å². The molecule has 122 valence electrons. The van der Waals surface area contributed by atoms with E-state index in [0.717, 1.165) is 16.1 Å². The van der Waals surface area contributed by atoms with Crippen LogP contribution in [0, 0.1) is 12.7 Å². The van der Waals surface area contributed by atoms with Gasteiger partial charge in [0, 0.05) is 15.5 Å². The fourth-order valence-electron chi connectivity index (χ4n) is 2.20. The number of halogens is 3. The molecule has 1 heterocycles. The molecular weight excluding hydrogens is 370 g/mol. The molecule has 1 amide bonds. The van der Waals surface area contributed by atoms with E-state index in [1.165, 1.54) is 29.5 Å². The number of carbonyl (C=O) groups excluding carboxylic acids is 1. The Morgan fingerprint density at radius 3 is 2.54 bits per heavy atom. The van der Waals surface area contributed by atoms with Gasteiger partial charge >= 0.3 is 0 Å². The minimum Gasteiger partial charge on any atom is -0.298 e. The Morgan fingerprint density at radius 1 is 1.17 bits per heavy atom. The van der Waals surface area contributed by atoms with E-state index in [1.54, 1.807) is 12.1 Å². The fraction of sp³-hybridized carbons (Fsp3) is 0.0588. The number of anilines is 1. The van der Waals surface area contributed by atoms with Crippen LogP contribution in [0.15, 0.2) is 42.5 Å². The Kier molecular flexibility index (Phi) is 4.85. The molecule has 0 aliphatic rings. The van der Waals surface area contributed by atoms with Gasteiger partial charge < -0.3 is 0 Å². The maximum absolute atomic E-state index is 13.8. The zero-order valence-electron chi connectivity index (χ0n) is 12.4. The van der Waals surface area contributed by atoms with Gasteiger partial charge in [-0.3, -0.25) is 10.1 Å². The maximum Gasteiger partial charge on any atom is 0.261 e. The molecule has 3 aromatic rings. The van der Waals surface area contributed by atoms with E-state index >= 15 is 0 Å². The Balaban J connectivity index is 1.88. The molecule has 0 unspecified atom stereocenters. The van der Waals surface area contributed by atoms with Crippen molar-refractivity contribution in [2.24, 2.45) is 0 Å². The maximum atomic E-state index is 13.8. The van der Waals surface area contributed by atoms with Gasteiger partial charge in [-0.15, -0.1) is 11.3 Å². The topological polar surface area (TPSA) is 42.0 Å². The molecule has 3 rings (SSSR count). The Labute approximate surface area is 152 Å². The van der Waals surface area contributed by atoms with Crippen LogP contribution in [-0.2, 0) is 0 Å². The summed E-state index contributed by atoms with van der Waals surface area (Å²) in [6.45, 7) is 1.90. The van der Waals surface area contributed by atoms with Crippen LogP contribution in [-0.4, -0.2) is 10.9 Å². The predicted molar refractivity (Wildman–Crippen MR) is 96.7 cm³/mol. The highest BCUT2D eigenvalue weighted by atomic mass is 35.5. The summed E-state index contributed by atoms with van der Waals surface area (Å²) in [4.78, 5) is 17.6. The number of nitrogens with one attached hydrogen (secondary N) is 1. The second-order valence-electron chi connectivity index (χ2n) is 4.98. The zero-order valence-corrected chi connectivity index (χ0v) is 14.8. The summed E-state index contributed by atoms with van der Waals surface area (Å²) in [5.41, 5.74) is 1.43. The molecule has 24 heavy (non-hydrogen) atoms. The van der Waals surface area contributed by atoms with Gasteiger partial charge in [-0.2, -0.15) is 0 Å². The largest absolute Gasteiger partial charge is 0.298 e. The third-order valence-corrected chi connectivity index (χ3v) is 4.78. The van der Waals surface area contributed by atoms with Crippen LogP contribution in [0.1, 0.15) is 15.2 Å². The van der Waals surface area contributed by atoms with Crippen LogP contribution in [0.25, 0.3) is 11.3 Å². The molecule has 1 aromatic heterocycles. The van der Waals surface area contributed by atoms with Crippen molar-refractivity contribution in [2.75, 3.05) is 5.32 Å². The van der Waals surface area contributed by atoms with E-state index in [-0.39, 0.29) is 10.6 Å². The van der Waals surface area contributed by atoms with Crippen molar-refractivity contribution in [3.8, 4) is 11.3 Å². The van der Waals surface area contributed by atoms with Crippen LogP contribution in [0.2, 0.25) is 10.0 Å². The molecule has 0 saturated heterocycles. The summed E-state index contributed by atoms with van der Waals surface area (Å²) in [6, 6.07) is 11.3. The van der Waals surface area contributed by atoms with Gasteiger partial charge in [0.25, 0.3) is 5.91 Å². The first-order valence-corrected chi connectivity index (χ1v) is 8.51. The third kappa shape index (κ3) is 3.43. The predicted octanol–water partition coefficient (Wildman–Crippen LogP) is 5.82. The molecule has 0 atom stereocenters. The number of hydrogen-bond donors (Lipinski definition) is 1. The number of aryl methyl sites for hydroxylation is 1. The molecule has 2 aromatic carbocycles. The monoisotopic (exact) mass is 380 g/mol. The van der Waals surface area contributed by atoms with Crippen molar-refractivity contribution < 1.29 is 9.18 Å². The standard InChI is InChI=1S/C17H11Cl2FN2OS/c1-9-15(10-5-7-11(18)8-6-10)21-17(24-9)22-16(23)14-12(19)3-2-4-13(14)20/h2-8H,1H3,(H,21,22,23). The first-order valence-electron chi connectivity index (χ1n) is 6.94. The van der Waals surface area contributed by atoms with E-state index in [4.69, 9.17) is 23.2 Å². The number of hydrogen-bond acceptors (Lipinski definition) is 3. The Morgan fingerprint density at radius 2 is 1.88 bits per heavy atom. The molecule has 0 radical (unpaired) electrons. The minimum absolute atomic E-state index is 0.0544. The summed E-state index contributed by atoms with van der Waals surface area (Å²) in [5.74, 6) is -1.30. The van der Waals surface area contributed by atoms with Gasteiger partial charge in [-0.25, -0.2) is 9.37 Å². The SMILES string of the molecule is Cc1sc(NC(=O)c2c(F)cccc2Cl)nc1-c1ccc(Cl)cc1. The van der Waals surface area contributed by atoms with Crippen molar-refractivity contribution in [2.45, 2.75) is 6.92 Å². The highest BCUT2D eigenvalue weighted by Crippen LogP contribution is 2.31. The van der Waals surface area contributed by atoms with Crippen molar-refractivity contribution in [1.82, 2.24) is 4.98 Å². The number of amides is 1. The average Bonchev–Trinajstić information content (AvgIpc) is 2.88. The van der Waals surface area contributed by atoms with Gasteiger partial charge in [-0.1, -0.05) is 41.4 Å². The molecular formula is C17H11Cl2FN2OS. The van der Waals surface area contributed by atoms with Gasteiger partial charge in [-0.05, 0) is 31.2 Å². The molecule has 1 N–H and O–H groups in total. The highest BCUT2D eigenvalue weighted by Gasteiger charge is 2.18. The van der Waals surface area contributed by atoms with Crippen LogP contribution in [0.5, 0.6) is 0 Å². The second kappa shape index (κ2) is 6.89. The summed E-state index contributed by atoms with van der Waals surface area (Å²) >= 11 is 13.1. The molecule has 7 heteroatoms. The first kappa shape index (κ1) is 16.9. The van der Waals surface area contributed by atoms with Crippen LogP contribution in [0.3, 0.4) is 0 Å². The van der Waals surface area contributed by atoms with Crippen LogP contribution >= 0.6 is 34.5 Å². The second-order valence-corrected chi connectivity index (χ2v) is 7.03. The lowest BCUT2D eigenvalue weighted by molar-refractivity contribution is 0.102. The number of nitrogens with zero attached hydrogens (tertiary/aromatic N) is 1.